The minimum absolute atomic E-state index is 0.318. The number of rotatable bonds is 4. The number of carbonyl (C=O) groups is 1. The second-order valence-corrected chi connectivity index (χ2v) is 3.82. The summed E-state index contributed by atoms with van der Waals surface area (Å²) in [6.07, 6.45) is 4.93. The van der Waals surface area contributed by atoms with Crippen LogP contribution in [0.1, 0.15) is 39.0 Å². The smallest absolute Gasteiger partial charge is 0.222 e. The Morgan fingerprint density at radius 1 is 1.54 bits per heavy atom. The molecule has 0 bridgehead atoms. The van der Waals surface area contributed by atoms with E-state index in [2.05, 4.69) is 6.92 Å². The highest BCUT2D eigenvalue weighted by molar-refractivity contribution is 5.76. The molecule has 1 aliphatic heterocycles. The zero-order chi connectivity index (χ0) is 9.68. The lowest BCUT2D eigenvalue weighted by Crippen LogP contribution is -2.33. The van der Waals surface area contributed by atoms with Gasteiger partial charge < -0.3 is 10.6 Å². The maximum Gasteiger partial charge on any atom is 0.222 e. The molecular weight excluding hydrogens is 164 g/mol. The molecule has 1 atom stereocenters. The van der Waals surface area contributed by atoms with Crippen LogP contribution < -0.4 is 5.73 Å². The van der Waals surface area contributed by atoms with Gasteiger partial charge in [-0.3, -0.25) is 4.79 Å². The number of carbonyl (C=O) groups excluding carboxylic acids is 1. The summed E-state index contributed by atoms with van der Waals surface area (Å²) in [5.41, 5.74) is 5.37. The molecule has 1 saturated heterocycles. The van der Waals surface area contributed by atoms with Crippen LogP contribution in [-0.4, -0.2) is 29.9 Å². The van der Waals surface area contributed by atoms with Crippen molar-refractivity contribution in [3.8, 4) is 0 Å². The summed E-state index contributed by atoms with van der Waals surface area (Å²) in [6.45, 7) is 3.79. The lowest BCUT2D eigenvalue weighted by molar-refractivity contribution is -0.131. The summed E-state index contributed by atoms with van der Waals surface area (Å²) >= 11 is 0. The van der Waals surface area contributed by atoms with Crippen LogP contribution in [0.3, 0.4) is 0 Å². The highest BCUT2D eigenvalue weighted by atomic mass is 16.2. The highest BCUT2D eigenvalue weighted by Crippen LogP contribution is 2.17. The van der Waals surface area contributed by atoms with E-state index in [1.165, 1.54) is 12.8 Å². The number of hydrogen-bond donors (Lipinski definition) is 1. The molecule has 0 radical (unpaired) electrons. The average Bonchev–Trinajstić information content (AvgIpc) is 2.52. The van der Waals surface area contributed by atoms with Crippen molar-refractivity contribution in [1.29, 1.82) is 0 Å². The van der Waals surface area contributed by atoms with E-state index >= 15 is 0 Å². The minimum atomic E-state index is 0.318. The third-order valence-electron chi connectivity index (χ3n) is 2.72. The van der Waals surface area contributed by atoms with Gasteiger partial charge in [0.2, 0.25) is 5.91 Å². The van der Waals surface area contributed by atoms with Crippen molar-refractivity contribution in [2.45, 2.75) is 45.1 Å². The molecule has 1 aliphatic rings. The number of nitrogens with two attached hydrogens (primary N) is 1. The number of hydrogen-bond acceptors (Lipinski definition) is 2. The Balaban J connectivity index is 2.22. The van der Waals surface area contributed by atoms with Crippen molar-refractivity contribution in [3.05, 3.63) is 0 Å². The molecule has 1 rings (SSSR count). The largest absolute Gasteiger partial charge is 0.340 e. The van der Waals surface area contributed by atoms with Gasteiger partial charge in [-0.05, 0) is 39.2 Å². The van der Waals surface area contributed by atoms with Crippen LogP contribution >= 0.6 is 0 Å². The van der Waals surface area contributed by atoms with Crippen LogP contribution in [0.2, 0.25) is 0 Å². The van der Waals surface area contributed by atoms with Crippen molar-refractivity contribution in [1.82, 2.24) is 4.90 Å². The zero-order valence-corrected chi connectivity index (χ0v) is 8.46. The summed E-state index contributed by atoms with van der Waals surface area (Å²) in [6, 6.07) is 0.463. The van der Waals surface area contributed by atoms with Gasteiger partial charge in [-0.1, -0.05) is 0 Å². The first kappa shape index (κ1) is 10.5. The van der Waals surface area contributed by atoms with Crippen molar-refractivity contribution < 1.29 is 4.79 Å². The second kappa shape index (κ2) is 5.22. The van der Waals surface area contributed by atoms with Gasteiger partial charge in [-0.15, -0.1) is 0 Å². The monoisotopic (exact) mass is 184 g/mol. The summed E-state index contributed by atoms with van der Waals surface area (Å²) in [5.74, 6) is 0.318. The number of unbranched alkanes of at least 4 members (excludes halogenated alkanes) is 1. The molecule has 0 aromatic rings. The van der Waals surface area contributed by atoms with Gasteiger partial charge in [-0.25, -0.2) is 0 Å². The van der Waals surface area contributed by atoms with Crippen LogP contribution in [0.25, 0.3) is 0 Å². The average molecular weight is 184 g/mol. The lowest BCUT2D eigenvalue weighted by Gasteiger charge is -2.21. The van der Waals surface area contributed by atoms with E-state index in [9.17, 15) is 4.79 Å². The second-order valence-electron chi connectivity index (χ2n) is 3.82. The van der Waals surface area contributed by atoms with Crippen molar-refractivity contribution in [2.24, 2.45) is 5.73 Å². The SMILES string of the molecule is CC1CCCN1C(=O)CCCCN. The van der Waals surface area contributed by atoms with Gasteiger partial charge in [0.1, 0.15) is 0 Å². The van der Waals surface area contributed by atoms with E-state index in [0.29, 0.717) is 24.9 Å². The normalized spacial score (nSPS) is 22.3. The van der Waals surface area contributed by atoms with Gasteiger partial charge >= 0.3 is 0 Å². The maximum absolute atomic E-state index is 11.6. The van der Waals surface area contributed by atoms with E-state index in [1.807, 2.05) is 4.90 Å². The molecule has 0 aromatic carbocycles. The third-order valence-corrected chi connectivity index (χ3v) is 2.72. The molecule has 13 heavy (non-hydrogen) atoms. The van der Waals surface area contributed by atoms with E-state index in [0.717, 1.165) is 19.4 Å². The minimum Gasteiger partial charge on any atom is -0.340 e. The third kappa shape index (κ3) is 2.99. The molecule has 1 amide bonds. The Hall–Kier alpha value is -0.570. The maximum atomic E-state index is 11.6. The van der Waals surface area contributed by atoms with Gasteiger partial charge in [0.15, 0.2) is 0 Å². The number of nitrogens with zero attached hydrogens (tertiary/aromatic N) is 1. The van der Waals surface area contributed by atoms with Gasteiger partial charge in [-0.2, -0.15) is 0 Å². The van der Waals surface area contributed by atoms with Crippen molar-refractivity contribution in [2.75, 3.05) is 13.1 Å². The molecule has 0 aliphatic carbocycles. The van der Waals surface area contributed by atoms with Crippen molar-refractivity contribution in [3.63, 3.8) is 0 Å². The molecule has 3 nitrogen and oxygen atoms in total. The summed E-state index contributed by atoms with van der Waals surface area (Å²) in [7, 11) is 0. The van der Waals surface area contributed by atoms with Crippen LogP contribution in [0.4, 0.5) is 0 Å². The van der Waals surface area contributed by atoms with E-state index in [1.54, 1.807) is 0 Å². The first-order valence-corrected chi connectivity index (χ1v) is 5.25. The Kier molecular flexibility index (Phi) is 4.22. The zero-order valence-electron chi connectivity index (χ0n) is 8.46. The number of likely N-dealkylation sites (tertiary alicyclic amines) is 1. The molecule has 1 unspecified atom stereocenters. The summed E-state index contributed by atoms with van der Waals surface area (Å²) < 4.78 is 0. The van der Waals surface area contributed by atoms with Gasteiger partial charge in [0.25, 0.3) is 0 Å². The molecule has 2 N–H and O–H groups in total. The van der Waals surface area contributed by atoms with Crippen LogP contribution in [0.5, 0.6) is 0 Å². The molecule has 76 valence electrons. The van der Waals surface area contributed by atoms with E-state index in [4.69, 9.17) is 5.73 Å². The Morgan fingerprint density at radius 2 is 2.31 bits per heavy atom. The first-order chi connectivity index (χ1) is 6.25. The van der Waals surface area contributed by atoms with E-state index in [-0.39, 0.29) is 0 Å². The predicted octanol–water partition coefficient (Wildman–Crippen LogP) is 1.13. The Morgan fingerprint density at radius 3 is 2.85 bits per heavy atom. The fourth-order valence-corrected chi connectivity index (χ4v) is 1.87. The molecule has 0 aromatic heterocycles. The predicted molar refractivity (Wildman–Crippen MR) is 53.3 cm³/mol. The van der Waals surface area contributed by atoms with Gasteiger partial charge in [0, 0.05) is 19.0 Å². The summed E-state index contributed by atoms with van der Waals surface area (Å²) in [4.78, 5) is 13.6. The van der Waals surface area contributed by atoms with E-state index < -0.39 is 0 Å². The Labute approximate surface area is 80.3 Å². The molecule has 1 fully saturated rings. The van der Waals surface area contributed by atoms with Crippen LogP contribution in [0.15, 0.2) is 0 Å². The van der Waals surface area contributed by atoms with Crippen molar-refractivity contribution >= 4 is 5.91 Å². The standard InChI is InChI=1S/C10H20N2O/c1-9-5-4-8-12(9)10(13)6-2-3-7-11/h9H,2-8,11H2,1H3. The topological polar surface area (TPSA) is 46.3 Å². The lowest BCUT2D eigenvalue weighted by atomic mass is 10.2. The highest BCUT2D eigenvalue weighted by Gasteiger charge is 2.23. The molecular formula is C10H20N2O. The molecule has 0 saturated carbocycles. The van der Waals surface area contributed by atoms with Crippen LogP contribution in [0, 0.1) is 0 Å². The summed E-state index contributed by atoms with van der Waals surface area (Å²) in [5, 5.41) is 0. The fourth-order valence-electron chi connectivity index (χ4n) is 1.87. The molecule has 1 heterocycles. The number of amides is 1. The quantitative estimate of drug-likeness (QED) is 0.666. The first-order valence-electron chi connectivity index (χ1n) is 5.25. The fraction of sp³-hybridized carbons (Fsp3) is 0.900. The Bertz CT molecular complexity index is 170. The molecule has 0 spiro atoms. The van der Waals surface area contributed by atoms with Gasteiger partial charge in [0.05, 0.1) is 0 Å². The van der Waals surface area contributed by atoms with Crippen LogP contribution in [-0.2, 0) is 4.79 Å². The molecule has 3 heteroatoms.